The molecule has 1 heterocycles. The standard InChI is InChI=1S/C12H19N3O/c1-4-13-12(16)10-7-8-14-11(9-10)15(5-2)6-3/h7-9H,4-6H2,1-3H3,(H,13,16). The molecule has 1 rings (SSSR count). The second-order valence-electron chi connectivity index (χ2n) is 3.43. The first-order chi connectivity index (χ1) is 7.72. The summed E-state index contributed by atoms with van der Waals surface area (Å²) in [6.45, 7) is 8.48. The van der Waals surface area contributed by atoms with E-state index in [1.165, 1.54) is 0 Å². The summed E-state index contributed by atoms with van der Waals surface area (Å²) in [6.07, 6.45) is 1.68. The predicted octanol–water partition coefficient (Wildman–Crippen LogP) is 1.68. The van der Waals surface area contributed by atoms with Crippen LogP contribution in [0.5, 0.6) is 0 Å². The molecule has 1 aromatic heterocycles. The highest BCUT2D eigenvalue weighted by Crippen LogP contribution is 2.12. The molecule has 0 aliphatic heterocycles. The van der Waals surface area contributed by atoms with Crippen LogP contribution in [0.15, 0.2) is 18.3 Å². The van der Waals surface area contributed by atoms with E-state index in [0.29, 0.717) is 12.1 Å². The zero-order valence-electron chi connectivity index (χ0n) is 10.2. The van der Waals surface area contributed by atoms with E-state index >= 15 is 0 Å². The van der Waals surface area contributed by atoms with E-state index in [-0.39, 0.29) is 5.91 Å². The minimum atomic E-state index is -0.0432. The number of rotatable bonds is 5. The van der Waals surface area contributed by atoms with E-state index in [4.69, 9.17) is 0 Å². The van der Waals surface area contributed by atoms with Crippen molar-refractivity contribution < 1.29 is 4.79 Å². The van der Waals surface area contributed by atoms with Crippen molar-refractivity contribution >= 4 is 11.7 Å². The van der Waals surface area contributed by atoms with Crippen LogP contribution in [-0.2, 0) is 0 Å². The Morgan fingerprint density at radius 2 is 2.06 bits per heavy atom. The van der Waals surface area contributed by atoms with Gasteiger partial charge in [0.1, 0.15) is 5.82 Å². The normalized spacial score (nSPS) is 9.94. The molecule has 0 aliphatic rings. The van der Waals surface area contributed by atoms with Crippen LogP contribution in [0.25, 0.3) is 0 Å². The number of aromatic nitrogens is 1. The summed E-state index contributed by atoms with van der Waals surface area (Å²) in [5.41, 5.74) is 0.666. The van der Waals surface area contributed by atoms with Gasteiger partial charge in [-0.3, -0.25) is 4.79 Å². The Morgan fingerprint density at radius 1 is 1.38 bits per heavy atom. The average molecular weight is 221 g/mol. The van der Waals surface area contributed by atoms with Crippen molar-refractivity contribution in [1.29, 1.82) is 0 Å². The van der Waals surface area contributed by atoms with E-state index in [1.807, 2.05) is 13.0 Å². The van der Waals surface area contributed by atoms with Crippen LogP contribution >= 0.6 is 0 Å². The van der Waals surface area contributed by atoms with Gasteiger partial charge in [-0.25, -0.2) is 4.98 Å². The van der Waals surface area contributed by atoms with Crippen molar-refractivity contribution in [2.24, 2.45) is 0 Å². The van der Waals surface area contributed by atoms with Crippen LogP contribution in [0.1, 0.15) is 31.1 Å². The summed E-state index contributed by atoms with van der Waals surface area (Å²) < 4.78 is 0. The fraction of sp³-hybridized carbons (Fsp3) is 0.500. The predicted molar refractivity (Wildman–Crippen MR) is 65.8 cm³/mol. The molecule has 1 aromatic rings. The second kappa shape index (κ2) is 6.10. The lowest BCUT2D eigenvalue weighted by Gasteiger charge is -2.19. The van der Waals surface area contributed by atoms with Gasteiger partial charge in [0.15, 0.2) is 0 Å². The Bertz CT molecular complexity index is 348. The summed E-state index contributed by atoms with van der Waals surface area (Å²) in [7, 11) is 0. The fourth-order valence-electron chi connectivity index (χ4n) is 1.54. The lowest BCUT2D eigenvalue weighted by molar-refractivity contribution is 0.0955. The molecule has 1 amide bonds. The van der Waals surface area contributed by atoms with Gasteiger partial charge in [0, 0.05) is 31.4 Å². The molecule has 0 radical (unpaired) electrons. The van der Waals surface area contributed by atoms with Crippen molar-refractivity contribution in [1.82, 2.24) is 10.3 Å². The summed E-state index contributed by atoms with van der Waals surface area (Å²) in [5, 5.41) is 2.78. The summed E-state index contributed by atoms with van der Waals surface area (Å²) in [5.74, 6) is 0.812. The highest BCUT2D eigenvalue weighted by Gasteiger charge is 2.08. The Kier molecular flexibility index (Phi) is 4.76. The number of amides is 1. The minimum Gasteiger partial charge on any atom is -0.357 e. The highest BCUT2D eigenvalue weighted by molar-refractivity contribution is 5.94. The van der Waals surface area contributed by atoms with Crippen LogP contribution in [0.2, 0.25) is 0 Å². The van der Waals surface area contributed by atoms with Crippen LogP contribution < -0.4 is 10.2 Å². The zero-order chi connectivity index (χ0) is 12.0. The molecule has 16 heavy (non-hydrogen) atoms. The third kappa shape index (κ3) is 2.95. The molecular formula is C12H19N3O. The Morgan fingerprint density at radius 3 is 2.62 bits per heavy atom. The molecule has 0 spiro atoms. The smallest absolute Gasteiger partial charge is 0.251 e. The fourth-order valence-corrected chi connectivity index (χ4v) is 1.54. The van der Waals surface area contributed by atoms with Gasteiger partial charge in [-0.05, 0) is 32.9 Å². The number of pyridine rings is 1. The summed E-state index contributed by atoms with van der Waals surface area (Å²) >= 11 is 0. The van der Waals surface area contributed by atoms with E-state index in [9.17, 15) is 4.79 Å². The first kappa shape index (κ1) is 12.5. The number of carbonyl (C=O) groups is 1. The lowest BCUT2D eigenvalue weighted by atomic mass is 10.2. The first-order valence-corrected chi connectivity index (χ1v) is 5.72. The molecule has 0 atom stereocenters. The Balaban J connectivity index is 2.89. The molecule has 0 bridgehead atoms. The third-order valence-corrected chi connectivity index (χ3v) is 2.43. The van der Waals surface area contributed by atoms with Gasteiger partial charge in [0.05, 0.1) is 0 Å². The third-order valence-electron chi connectivity index (χ3n) is 2.43. The maximum absolute atomic E-state index is 11.6. The quantitative estimate of drug-likeness (QED) is 0.822. The van der Waals surface area contributed by atoms with Crippen molar-refractivity contribution in [2.75, 3.05) is 24.5 Å². The van der Waals surface area contributed by atoms with E-state index in [0.717, 1.165) is 18.9 Å². The van der Waals surface area contributed by atoms with Crippen molar-refractivity contribution in [2.45, 2.75) is 20.8 Å². The Hall–Kier alpha value is -1.58. The SMILES string of the molecule is CCNC(=O)c1ccnc(N(CC)CC)c1. The zero-order valence-corrected chi connectivity index (χ0v) is 10.2. The number of anilines is 1. The monoisotopic (exact) mass is 221 g/mol. The Labute approximate surface area is 96.7 Å². The molecule has 0 saturated carbocycles. The van der Waals surface area contributed by atoms with Crippen LogP contribution in [-0.4, -0.2) is 30.5 Å². The van der Waals surface area contributed by atoms with Crippen LogP contribution in [0, 0.1) is 0 Å². The molecule has 0 saturated heterocycles. The molecule has 0 unspecified atom stereocenters. The summed E-state index contributed by atoms with van der Waals surface area (Å²) in [4.78, 5) is 18.0. The maximum Gasteiger partial charge on any atom is 0.251 e. The number of hydrogen-bond acceptors (Lipinski definition) is 3. The van der Waals surface area contributed by atoms with Crippen LogP contribution in [0.3, 0.4) is 0 Å². The average Bonchev–Trinajstić information content (AvgIpc) is 2.31. The lowest BCUT2D eigenvalue weighted by Crippen LogP contribution is -2.25. The van der Waals surface area contributed by atoms with Gasteiger partial charge in [-0.1, -0.05) is 0 Å². The molecule has 0 aliphatic carbocycles. The van der Waals surface area contributed by atoms with Crippen molar-refractivity contribution in [3.05, 3.63) is 23.9 Å². The number of carbonyl (C=O) groups excluding carboxylic acids is 1. The van der Waals surface area contributed by atoms with Gasteiger partial charge < -0.3 is 10.2 Å². The van der Waals surface area contributed by atoms with Gasteiger partial charge in [-0.15, -0.1) is 0 Å². The maximum atomic E-state index is 11.6. The summed E-state index contributed by atoms with van der Waals surface area (Å²) in [6, 6.07) is 3.57. The van der Waals surface area contributed by atoms with Gasteiger partial charge in [-0.2, -0.15) is 0 Å². The van der Waals surface area contributed by atoms with Crippen molar-refractivity contribution in [3.8, 4) is 0 Å². The largest absolute Gasteiger partial charge is 0.357 e. The molecule has 4 heteroatoms. The number of nitrogens with one attached hydrogen (secondary N) is 1. The second-order valence-corrected chi connectivity index (χ2v) is 3.43. The number of nitrogens with zero attached hydrogens (tertiary/aromatic N) is 2. The van der Waals surface area contributed by atoms with Crippen molar-refractivity contribution in [3.63, 3.8) is 0 Å². The molecule has 88 valence electrons. The van der Waals surface area contributed by atoms with Gasteiger partial charge in [0.25, 0.3) is 5.91 Å². The molecular weight excluding hydrogens is 202 g/mol. The number of hydrogen-bond donors (Lipinski definition) is 1. The molecule has 1 N–H and O–H groups in total. The molecule has 0 aromatic carbocycles. The van der Waals surface area contributed by atoms with E-state index < -0.39 is 0 Å². The van der Waals surface area contributed by atoms with E-state index in [2.05, 4.69) is 29.0 Å². The van der Waals surface area contributed by atoms with Gasteiger partial charge in [0.2, 0.25) is 0 Å². The molecule has 4 nitrogen and oxygen atoms in total. The minimum absolute atomic E-state index is 0.0432. The first-order valence-electron chi connectivity index (χ1n) is 5.72. The highest BCUT2D eigenvalue weighted by atomic mass is 16.1. The van der Waals surface area contributed by atoms with E-state index in [1.54, 1.807) is 12.3 Å². The topological polar surface area (TPSA) is 45.2 Å². The van der Waals surface area contributed by atoms with Crippen LogP contribution in [0.4, 0.5) is 5.82 Å². The molecule has 0 fully saturated rings. The van der Waals surface area contributed by atoms with Gasteiger partial charge >= 0.3 is 0 Å².